The van der Waals surface area contributed by atoms with E-state index in [-0.39, 0.29) is 29.7 Å². The molecule has 0 spiro atoms. The van der Waals surface area contributed by atoms with E-state index < -0.39 is 6.48 Å². The van der Waals surface area contributed by atoms with Gasteiger partial charge >= 0.3 is 0 Å². The summed E-state index contributed by atoms with van der Waals surface area (Å²) in [6.45, 7) is 18.9. The van der Waals surface area contributed by atoms with Gasteiger partial charge in [-0.3, -0.25) is 0 Å². The van der Waals surface area contributed by atoms with E-state index in [1.54, 1.807) is 0 Å². The molecule has 0 unspecified atom stereocenters. The number of benzene rings is 3. The number of para-hydroxylation sites is 3. The van der Waals surface area contributed by atoms with Gasteiger partial charge in [0.25, 0.3) is 11.5 Å². The van der Waals surface area contributed by atoms with Gasteiger partial charge < -0.3 is 19.1 Å². The quantitative estimate of drug-likeness (QED) is 0.0991. The van der Waals surface area contributed by atoms with E-state index in [4.69, 9.17) is 14.2 Å². The number of nitrogens with zero attached hydrogens (tertiary/aromatic N) is 3. The number of aryl methyl sites for hydroxylation is 3. The predicted molar refractivity (Wildman–Crippen MR) is 228 cm³/mol. The molecule has 2 aromatic heterocycles. The van der Waals surface area contributed by atoms with E-state index in [2.05, 4.69) is 133 Å². The number of rotatable bonds is 11. The molecular formula is C42H65N3O3S3+2. The minimum Gasteiger partial charge on any atom is -0.335 e. The zero-order valence-electron chi connectivity index (χ0n) is 28.8. The van der Waals surface area contributed by atoms with Crippen LogP contribution >= 0.6 is 34.4 Å². The Bertz CT molecular complexity index is 1750. The molecular weight excluding hydrogens is 691 g/mol. The van der Waals surface area contributed by atoms with Crippen molar-refractivity contribution in [3.63, 3.8) is 0 Å². The molecule has 0 N–H and O–H groups in total. The molecule has 0 fully saturated rings. The van der Waals surface area contributed by atoms with Gasteiger partial charge in [-0.1, -0.05) is 107 Å². The summed E-state index contributed by atoms with van der Waals surface area (Å²) in [5.74, 6) is 0. The third-order valence-electron chi connectivity index (χ3n) is 7.40. The summed E-state index contributed by atoms with van der Waals surface area (Å²) >= 11 is 5.57. The molecule has 0 radical (unpaired) electrons. The Morgan fingerprint density at radius 2 is 1.18 bits per heavy atom. The maximum absolute atomic E-state index is 5.08. The fourth-order valence-electron chi connectivity index (χ4n) is 5.31. The van der Waals surface area contributed by atoms with Crippen molar-refractivity contribution >= 4 is 66.6 Å². The molecule has 282 valence electrons. The molecule has 0 aliphatic carbocycles. The number of anilines is 1. The van der Waals surface area contributed by atoms with E-state index >= 15 is 0 Å². The molecule has 3 aromatic carbocycles. The van der Waals surface area contributed by atoms with Crippen LogP contribution in [0.4, 0.5) is 5.69 Å². The van der Waals surface area contributed by atoms with Crippen molar-refractivity contribution in [3.05, 3.63) is 100.0 Å². The average molecular weight is 756 g/mol. The van der Waals surface area contributed by atoms with E-state index in [1.807, 2.05) is 55.2 Å². The maximum Gasteiger partial charge on any atom is 0.271 e. The first-order chi connectivity index (χ1) is 23.0. The largest absolute Gasteiger partial charge is 0.335 e. The third-order valence-corrected chi connectivity index (χ3v) is 10.7. The van der Waals surface area contributed by atoms with Crippen LogP contribution in [0.3, 0.4) is 0 Å². The van der Waals surface area contributed by atoms with Crippen LogP contribution in [-0.2, 0) is 27.3 Å². The molecule has 1 aliphatic rings. The monoisotopic (exact) mass is 755 g/mol. The van der Waals surface area contributed by atoms with Crippen LogP contribution < -0.4 is 14.0 Å². The van der Waals surface area contributed by atoms with Crippen molar-refractivity contribution in [2.24, 2.45) is 0 Å². The Labute approximate surface area is 322 Å². The lowest BCUT2D eigenvalue weighted by atomic mass is 10.3. The lowest BCUT2D eigenvalue weighted by Crippen LogP contribution is -2.33. The molecule has 51 heavy (non-hydrogen) atoms. The van der Waals surface area contributed by atoms with Gasteiger partial charge in [0.2, 0.25) is 16.0 Å². The fraction of sp³-hybridized carbons (Fsp3) is 0.429. The minimum absolute atomic E-state index is 0. The van der Waals surface area contributed by atoms with Gasteiger partial charge in [-0.25, -0.2) is 0 Å². The highest BCUT2D eigenvalue weighted by molar-refractivity contribution is 8.03. The first-order valence-electron chi connectivity index (χ1n) is 16.6. The van der Waals surface area contributed by atoms with Gasteiger partial charge in [-0.05, 0) is 71.9 Å². The molecule has 9 heteroatoms. The summed E-state index contributed by atoms with van der Waals surface area (Å²) in [6, 6.07) is 25.8. The molecule has 0 amide bonds. The van der Waals surface area contributed by atoms with Crippen molar-refractivity contribution < 1.29 is 23.3 Å². The Morgan fingerprint density at radius 1 is 0.667 bits per heavy atom. The standard InChI is InChI=1S/C21H21N2S2.C10H12NS.C7H16O3.4CH4/c1-3-22-16-10-5-7-12-18(16)24-20(22)14-9-15-21-23(4-2)17-11-6-8-13-19(17)25-21;1-3-11-8(2)12-10-7-5-4-6-9(10)11;1-4-8-7(9-5-2)10-6-3;;;;/h5-15H,3-4H2,1-2H3;4-7H,3H2,1-2H3;7H,4-6H2,1-3H3;4*1H4/q2*+1;;;;;. The second-order valence-electron chi connectivity index (χ2n) is 10.3. The van der Waals surface area contributed by atoms with E-state index in [0.29, 0.717) is 19.8 Å². The van der Waals surface area contributed by atoms with Crippen molar-refractivity contribution in [3.8, 4) is 0 Å². The number of hydrogen-bond donors (Lipinski definition) is 0. The van der Waals surface area contributed by atoms with Crippen LogP contribution in [0.25, 0.3) is 26.5 Å². The molecule has 6 rings (SSSR count). The molecule has 3 heterocycles. The zero-order chi connectivity index (χ0) is 33.6. The highest BCUT2D eigenvalue weighted by Crippen LogP contribution is 2.45. The predicted octanol–water partition coefficient (Wildman–Crippen LogP) is 12.1. The molecule has 0 bridgehead atoms. The number of thioether (sulfide) groups is 1. The van der Waals surface area contributed by atoms with Crippen LogP contribution in [0.1, 0.15) is 81.3 Å². The number of hydrogen-bond acceptors (Lipinski definition) is 7. The van der Waals surface area contributed by atoms with Crippen molar-refractivity contribution in [2.45, 2.75) is 103 Å². The summed E-state index contributed by atoms with van der Waals surface area (Å²) in [4.78, 5) is 3.72. The number of thiazole rings is 2. The van der Waals surface area contributed by atoms with Crippen LogP contribution in [0.2, 0.25) is 0 Å². The molecule has 5 aromatic rings. The molecule has 0 saturated carbocycles. The molecule has 6 nitrogen and oxygen atoms in total. The first-order valence-corrected chi connectivity index (χ1v) is 19.0. The summed E-state index contributed by atoms with van der Waals surface area (Å²) < 4.78 is 22.7. The summed E-state index contributed by atoms with van der Waals surface area (Å²) in [7, 11) is 0. The second-order valence-corrected chi connectivity index (χ2v) is 13.7. The number of allylic oxidation sites excluding steroid dienone is 2. The van der Waals surface area contributed by atoms with Gasteiger partial charge in [0.1, 0.15) is 22.5 Å². The SMILES string of the molecule is C.C.C.C.CCN1/C(=C\C=C\c2sc3ccccc3[n+]2CC)Sc2ccccc21.CCOC(OCC)OCC.CC[n+]1c(C)sc2ccccc21. The third kappa shape index (κ3) is 12.5. The maximum atomic E-state index is 5.08. The highest BCUT2D eigenvalue weighted by atomic mass is 32.2. The summed E-state index contributed by atoms with van der Waals surface area (Å²) in [5.41, 5.74) is 4.00. The summed E-state index contributed by atoms with van der Waals surface area (Å²) in [5, 5.41) is 3.98. The number of ether oxygens (including phenoxy) is 3. The fourth-order valence-corrected chi connectivity index (χ4v) is 8.68. The number of fused-ring (bicyclic) bond motifs is 3. The Balaban J connectivity index is 0.000000815. The number of aromatic nitrogens is 2. The van der Waals surface area contributed by atoms with Crippen LogP contribution in [0.15, 0.2) is 94.9 Å². The smallest absolute Gasteiger partial charge is 0.271 e. The topological polar surface area (TPSA) is 38.7 Å². The Morgan fingerprint density at radius 3 is 1.73 bits per heavy atom. The lowest BCUT2D eigenvalue weighted by Gasteiger charge is -2.17. The first kappa shape index (κ1) is 48.0. The zero-order valence-corrected chi connectivity index (χ0v) is 31.2. The van der Waals surface area contributed by atoms with Crippen LogP contribution in [-0.4, -0.2) is 32.8 Å². The van der Waals surface area contributed by atoms with Crippen LogP contribution in [0.5, 0.6) is 0 Å². The van der Waals surface area contributed by atoms with Gasteiger partial charge in [-0.15, -0.1) is 0 Å². The second kappa shape index (κ2) is 25.0. The lowest BCUT2D eigenvalue weighted by molar-refractivity contribution is -0.669. The van der Waals surface area contributed by atoms with E-state index in [1.165, 1.54) is 46.1 Å². The van der Waals surface area contributed by atoms with Crippen molar-refractivity contribution in [1.29, 1.82) is 0 Å². The van der Waals surface area contributed by atoms with Crippen LogP contribution in [0, 0.1) is 6.92 Å². The minimum atomic E-state index is -0.472. The van der Waals surface area contributed by atoms with Gasteiger partial charge in [-0.2, -0.15) is 9.13 Å². The van der Waals surface area contributed by atoms with Gasteiger partial charge in [0, 0.05) is 56.4 Å². The Kier molecular flexibility index (Phi) is 23.5. The summed E-state index contributed by atoms with van der Waals surface area (Å²) in [6.07, 6.45) is 6.66. The van der Waals surface area contributed by atoms with Gasteiger partial charge in [0.05, 0.1) is 10.7 Å². The van der Waals surface area contributed by atoms with Crippen molar-refractivity contribution in [1.82, 2.24) is 0 Å². The normalized spacial score (nSPS) is 12.3. The average Bonchev–Trinajstić information content (AvgIpc) is 3.74. The highest BCUT2D eigenvalue weighted by Gasteiger charge is 2.23. The molecule has 0 atom stereocenters. The van der Waals surface area contributed by atoms with E-state index in [0.717, 1.165) is 19.6 Å². The Hall–Kier alpha value is -3.05. The van der Waals surface area contributed by atoms with Gasteiger partial charge in [0.15, 0.2) is 0 Å². The van der Waals surface area contributed by atoms with E-state index in [9.17, 15) is 0 Å². The molecule has 1 aliphatic heterocycles. The van der Waals surface area contributed by atoms with Crippen molar-refractivity contribution in [2.75, 3.05) is 31.3 Å². The molecule has 0 saturated heterocycles.